The second-order valence-corrected chi connectivity index (χ2v) is 3.98. The summed E-state index contributed by atoms with van der Waals surface area (Å²) in [5.41, 5.74) is 9.68. The van der Waals surface area contributed by atoms with Crippen LogP contribution in [0.15, 0.2) is 17.4 Å². The van der Waals surface area contributed by atoms with Gasteiger partial charge < -0.3 is 4.74 Å². The van der Waals surface area contributed by atoms with Crippen LogP contribution in [0.4, 0.5) is 8.78 Å². The molecule has 1 rings (SSSR count). The molecule has 98 valence electrons. The van der Waals surface area contributed by atoms with Crippen LogP contribution in [0.25, 0.3) is 10.4 Å². The lowest BCUT2D eigenvalue weighted by molar-refractivity contribution is 0.0789. The standard InChI is InChI=1S/C11H14F2N4O/c1-7(2)9-3-8(5-16-17-14)4-15-11(9)18-6-10(12)13/h3-4,7,10H,5-6H2,1-2H3. The van der Waals surface area contributed by atoms with Gasteiger partial charge in [0.05, 0.1) is 6.54 Å². The number of alkyl halides is 2. The Hall–Kier alpha value is -1.88. The Kier molecular flexibility index (Phi) is 5.32. The largest absolute Gasteiger partial charge is 0.471 e. The third kappa shape index (κ3) is 4.18. The minimum absolute atomic E-state index is 0.0798. The van der Waals surface area contributed by atoms with E-state index in [4.69, 9.17) is 10.3 Å². The molecule has 0 aliphatic rings. The van der Waals surface area contributed by atoms with Gasteiger partial charge in [-0.05, 0) is 23.1 Å². The first-order valence-electron chi connectivity index (χ1n) is 5.45. The first-order chi connectivity index (χ1) is 8.54. The monoisotopic (exact) mass is 256 g/mol. The van der Waals surface area contributed by atoms with Crippen LogP contribution in [0, 0.1) is 0 Å². The zero-order valence-electron chi connectivity index (χ0n) is 10.2. The predicted molar refractivity (Wildman–Crippen MR) is 62.7 cm³/mol. The molecule has 0 saturated carbocycles. The van der Waals surface area contributed by atoms with Crippen molar-refractivity contribution in [3.05, 3.63) is 33.8 Å². The summed E-state index contributed by atoms with van der Waals surface area (Å²) in [5.74, 6) is 0.283. The Balaban J connectivity index is 2.93. The summed E-state index contributed by atoms with van der Waals surface area (Å²) in [5, 5.41) is 3.43. The number of nitrogens with zero attached hydrogens (tertiary/aromatic N) is 4. The van der Waals surface area contributed by atoms with Crippen molar-refractivity contribution in [1.29, 1.82) is 0 Å². The molecule has 5 nitrogen and oxygen atoms in total. The molecule has 1 aromatic heterocycles. The third-order valence-corrected chi connectivity index (χ3v) is 2.22. The Morgan fingerprint density at radius 2 is 2.22 bits per heavy atom. The molecule has 18 heavy (non-hydrogen) atoms. The molecule has 0 spiro atoms. The molecule has 0 amide bonds. The molecule has 1 heterocycles. The fraction of sp³-hybridized carbons (Fsp3) is 0.545. The number of aromatic nitrogens is 1. The molecule has 7 heteroatoms. The molecule has 1 aromatic rings. The Labute approximate surface area is 103 Å². The highest BCUT2D eigenvalue weighted by Gasteiger charge is 2.12. The van der Waals surface area contributed by atoms with Gasteiger partial charge >= 0.3 is 0 Å². The van der Waals surface area contributed by atoms with Crippen LogP contribution < -0.4 is 4.74 Å². The van der Waals surface area contributed by atoms with E-state index < -0.39 is 13.0 Å². The maximum absolute atomic E-state index is 12.1. The van der Waals surface area contributed by atoms with Crippen molar-refractivity contribution in [2.45, 2.75) is 32.7 Å². The molecule has 0 fully saturated rings. The van der Waals surface area contributed by atoms with E-state index in [1.54, 1.807) is 6.07 Å². The molecule has 0 bridgehead atoms. The molecule has 0 radical (unpaired) electrons. The van der Waals surface area contributed by atoms with E-state index in [1.165, 1.54) is 6.20 Å². The maximum atomic E-state index is 12.1. The quantitative estimate of drug-likeness (QED) is 0.442. The van der Waals surface area contributed by atoms with E-state index >= 15 is 0 Å². The van der Waals surface area contributed by atoms with Crippen molar-refractivity contribution in [2.24, 2.45) is 5.11 Å². The van der Waals surface area contributed by atoms with Crippen molar-refractivity contribution in [1.82, 2.24) is 4.98 Å². The van der Waals surface area contributed by atoms with E-state index in [-0.39, 0.29) is 18.3 Å². The van der Waals surface area contributed by atoms with Gasteiger partial charge in [-0.2, -0.15) is 0 Å². The molecule has 0 aromatic carbocycles. The van der Waals surface area contributed by atoms with Crippen LogP contribution in [0.3, 0.4) is 0 Å². The van der Waals surface area contributed by atoms with E-state index in [1.807, 2.05) is 13.8 Å². The van der Waals surface area contributed by atoms with Gasteiger partial charge in [0.2, 0.25) is 5.88 Å². The molecule has 0 aliphatic carbocycles. The Morgan fingerprint density at radius 3 is 2.78 bits per heavy atom. The van der Waals surface area contributed by atoms with Crippen molar-refractivity contribution in [3.63, 3.8) is 0 Å². The number of rotatable bonds is 6. The molecule has 0 atom stereocenters. The zero-order valence-corrected chi connectivity index (χ0v) is 10.2. The van der Waals surface area contributed by atoms with Gasteiger partial charge in [-0.3, -0.25) is 0 Å². The van der Waals surface area contributed by atoms with E-state index in [0.29, 0.717) is 0 Å². The average Bonchev–Trinajstić information content (AvgIpc) is 2.34. The maximum Gasteiger partial charge on any atom is 0.272 e. The minimum atomic E-state index is -2.53. The van der Waals surface area contributed by atoms with E-state index in [0.717, 1.165) is 11.1 Å². The first kappa shape index (κ1) is 14.2. The molecule has 0 saturated heterocycles. The van der Waals surface area contributed by atoms with Gasteiger partial charge in [0.15, 0.2) is 6.61 Å². The lowest BCUT2D eigenvalue weighted by atomic mass is 10.0. The van der Waals surface area contributed by atoms with Crippen LogP contribution in [-0.4, -0.2) is 18.0 Å². The summed E-state index contributed by atoms with van der Waals surface area (Å²) < 4.78 is 29.1. The van der Waals surface area contributed by atoms with E-state index in [2.05, 4.69) is 15.0 Å². The fourth-order valence-corrected chi connectivity index (χ4v) is 1.39. The normalized spacial score (nSPS) is 10.6. The number of ether oxygens (including phenoxy) is 1. The molecule has 0 unspecified atom stereocenters. The second-order valence-electron chi connectivity index (χ2n) is 3.98. The number of hydrogen-bond acceptors (Lipinski definition) is 3. The van der Waals surface area contributed by atoms with Crippen LogP contribution in [0.5, 0.6) is 5.88 Å². The molecule has 0 aliphatic heterocycles. The van der Waals surface area contributed by atoms with Gasteiger partial charge in [0.1, 0.15) is 0 Å². The van der Waals surface area contributed by atoms with Crippen molar-refractivity contribution >= 4 is 0 Å². The molecular formula is C11H14F2N4O. The lowest BCUT2D eigenvalue weighted by Crippen LogP contribution is -2.10. The van der Waals surface area contributed by atoms with Crippen LogP contribution in [0.2, 0.25) is 0 Å². The first-order valence-corrected chi connectivity index (χ1v) is 5.45. The summed E-state index contributed by atoms with van der Waals surface area (Å²) in [6.07, 6.45) is -1.07. The minimum Gasteiger partial charge on any atom is -0.471 e. The summed E-state index contributed by atoms with van der Waals surface area (Å²) >= 11 is 0. The molecular weight excluding hydrogens is 242 g/mol. The Bertz CT molecular complexity index is 445. The molecule has 0 N–H and O–H groups in total. The van der Waals surface area contributed by atoms with Gasteiger partial charge in [0, 0.05) is 16.7 Å². The summed E-state index contributed by atoms with van der Waals surface area (Å²) in [6.45, 7) is 3.31. The highest BCUT2D eigenvalue weighted by atomic mass is 19.3. The van der Waals surface area contributed by atoms with Gasteiger partial charge in [-0.1, -0.05) is 19.0 Å². The summed E-state index contributed by atoms with van der Waals surface area (Å²) in [7, 11) is 0. The zero-order chi connectivity index (χ0) is 13.5. The van der Waals surface area contributed by atoms with Gasteiger partial charge in [-0.25, -0.2) is 13.8 Å². The van der Waals surface area contributed by atoms with Crippen LogP contribution in [0.1, 0.15) is 30.9 Å². The Morgan fingerprint density at radius 1 is 1.50 bits per heavy atom. The number of pyridine rings is 1. The van der Waals surface area contributed by atoms with E-state index in [9.17, 15) is 8.78 Å². The summed E-state index contributed by atoms with van der Waals surface area (Å²) in [4.78, 5) is 6.64. The fourth-order valence-electron chi connectivity index (χ4n) is 1.39. The highest BCUT2D eigenvalue weighted by molar-refractivity contribution is 5.32. The van der Waals surface area contributed by atoms with Gasteiger partial charge in [0.25, 0.3) is 6.43 Å². The highest BCUT2D eigenvalue weighted by Crippen LogP contribution is 2.25. The topological polar surface area (TPSA) is 70.9 Å². The van der Waals surface area contributed by atoms with Crippen molar-refractivity contribution in [2.75, 3.05) is 6.61 Å². The van der Waals surface area contributed by atoms with Crippen LogP contribution >= 0.6 is 0 Å². The third-order valence-electron chi connectivity index (χ3n) is 2.22. The summed E-state index contributed by atoms with van der Waals surface area (Å²) in [6, 6.07) is 1.76. The van der Waals surface area contributed by atoms with Crippen molar-refractivity contribution < 1.29 is 13.5 Å². The number of halogens is 2. The number of azide groups is 1. The van der Waals surface area contributed by atoms with Crippen LogP contribution in [-0.2, 0) is 6.54 Å². The second kappa shape index (κ2) is 6.76. The average molecular weight is 256 g/mol. The van der Waals surface area contributed by atoms with Crippen molar-refractivity contribution in [3.8, 4) is 5.88 Å². The SMILES string of the molecule is CC(C)c1cc(CN=[N+]=[N-])cnc1OCC(F)F. The lowest BCUT2D eigenvalue weighted by Gasteiger charge is -2.13. The predicted octanol–water partition coefficient (Wildman–Crippen LogP) is 3.66. The van der Waals surface area contributed by atoms with Gasteiger partial charge in [-0.15, -0.1) is 0 Å². The number of hydrogen-bond donors (Lipinski definition) is 0. The smallest absolute Gasteiger partial charge is 0.272 e.